The molecule has 0 aromatic heterocycles. The molecule has 0 unspecified atom stereocenters. The molecule has 0 spiro atoms. The molecule has 0 bridgehead atoms. The average Bonchev–Trinajstić information content (AvgIpc) is 2.68. The Morgan fingerprint density at radius 2 is 1.41 bits per heavy atom. The van der Waals surface area contributed by atoms with E-state index in [2.05, 4.69) is 26.1 Å². The van der Waals surface area contributed by atoms with Gasteiger partial charge in [-0.05, 0) is 0 Å². The number of carbonyl (C=O) groups is 2. The molecule has 0 aliphatic heterocycles. The number of amides is 1. The fourth-order valence-corrected chi connectivity index (χ4v) is 16.1. The van der Waals surface area contributed by atoms with Crippen LogP contribution in [0.3, 0.4) is 0 Å². The van der Waals surface area contributed by atoms with Crippen molar-refractivity contribution in [3.8, 4) is 0 Å². The molecule has 0 saturated carbocycles. The van der Waals surface area contributed by atoms with Crippen LogP contribution >= 0.6 is 0 Å². The molecule has 0 aliphatic rings. The minimum atomic E-state index is -2.97. The van der Waals surface area contributed by atoms with Crippen LogP contribution in [0.4, 0.5) is 5.69 Å². The Morgan fingerprint density at radius 3 is 1.89 bits per heavy atom. The average molecular weight is 480 g/mol. The molecule has 1 N–H and O–H groups in total. The van der Waals surface area contributed by atoms with Crippen LogP contribution in [0.2, 0.25) is 13.3 Å². The first-order valence-electron chi connectivity index (χ1n) is 10.3. The van der Waals surface area contributed by atoms with Gasteiger partial charge in [-0.2, -0.15) is 0 Å². The van der Waals surface area contributed by atoms with Gasteiger partial charge in [0.2, 0.25) is 0 Å². The quantitative estimate of drug-likeness (QED) is 0.276. The Morgan fingerprint density at radius 1 is 0.889 bits per heavy atom. The standard InChI is InChI=1S/C10H9NO3.3C4H9.Sn/c12-9(6-7-10(13)14)11-8-4-2-1-3-5-8;3*1-3-4-2;/h1-7H,(H,11,12)(H,13,14);3*1,3-4H2,2H3;/q;;;;+1/p-1/b7-6-;;;;. The normalized spacial score (nSPS) is 11.5. The van der Waals surface area contributed by atoms with Crippen molar-refractivity contribution in [1.82, 2.24) is 0 Å². The first-order valence-corrected chi connectivity index (χ1v) is 17.5. The van der Waals surface area contributed by atoms with Crippen molar-refractivity contribution in [2.45, 2.75) is 72.6 Å². The third kappa shape index (κ3) is 9.99. The topological polar surface area (TPSA) is 55.4 Å². The Labute approximate surface area is 169 Å². The maximum absolute atomic E-state index is 12.5. The number of anilines is 1. The second-order valence-electron chi connectivity index (χ2n) is 7.10. The van der Waals surface area contributed by atoms with Crippen molar-refractivity contribution in [2.24, 2.45) is 0 Å². The zero-order valence-electron chi connectivity index (χ0n) is 17.1. The van der Waals surface area contributed by atoms with Gasteiger partial charge in [0.25, 0.3) is 0 Å². The summed E-state index contributed by atoms with van der Waals surface area (Å²) >= 11 is -2.97. The summed E-state index contributed by atoms with van der Waals surface area (Å²) in [7, 11) is 0. The van der Waals surface area contributed by atoms with E-state index in [1.807, 2.05) is 30.3 Å². The molecule has 1 amide bonds. The van der Waals surface area contributed by atoms with E-state index in [-0.39, 0.29) is 11.9 Å². The predicted octanol–water partition coefficient (Wildman–Crippen LogP) is 6.07. The van der Waals surface area contributed by atoms with Crippen LogP contribution in [0.5, 0.6) is 0 Å². The second kappa shape index (κ2) is 13.8. The summed E-state index contributed by atoms with van der Waals surface area (Å²) in [5.74, 6) is -0.646. The SMILES string of the molecule is CCC[CH2][Sn]([CH2]CCC)([CH2]CCC)[O]C(=O)/C=C\C(=O)Nc1ccccc1. The van der Waals surface area contributed by atoms with Gasteiger partial charge >= 0.3 is 169 Å². The van der Waals surface area contributed by atoms with Gasteiger partial charge in [0.15, 0.2) is 0 Å². The van der Waals surface area contributed by atoms with E-state index < -0.39 is 18.8 Å². The number of unbranched alkanes of at least 4 members (excludes halogenated alkanes) is 3. The molecule has 0 saturated heterocycles. The Balaban J connectivity index is 2.72. The van der Waals surface area contributed by atoms with Crippen molar-refractivity contribution in [2.75, 3.05) is 5.32 Å². The summed E-state index contributed by atoms with van der Waals surface area (Å²) in [6, 6.07) is 9.22. The summed E-state index contributed by atoms with van der Waals surface area (Å²) in [6.45, 7) is 6.56. The summed E-state index contributed by atoms with van der Waals surface area (Å²) < 4.78 is 9.44. The predicted molar refractivity (Wildman–Crippen MR) is 115 cm³/mol. The zero-order valence-corrected chi connectivity index (χ0v) is 20.0. The van der Waals surface area contributed by atoms with Crippen LogP contribution in [-0.2, 0) is 12.7 Å². The maximum atomic E-state index is 12.5. The Hall–Kier alpha value is -1.30. The number of nitrogens with one attached hydrogen (secondary N) is 1. The zero-order chi connectivity index (χ0) is 20.0. The van der Waals surface area contributed by atoms with Crippen molar-refractivity contribution in [3.63, 3.8) is 0 Å². The monoisotopic (exact) mass is 481 g/mol. The summed E-state index contributed by atoms with van der Waals surface area (Å²) in [4.78, 5) is 24.5. The number of rotatable bonds is 13. The summed E-state index contributed by atoms with van der Waals surface area (Å²) in [6.07, 6.45) is 9.37. The van der Waals surface area contributed by atoms with E-state index in [0.29, 0.717) is 5.69 Å². The molecule has 0 atom stereocenters. The first kappa shape index (κ1) is 23.7. The van der Waals surface area contributed by atoms with E-state index in [4.69, 9.17) is 3.07 Å². The van der Waals surface area contributed by atoms with Gasteiger partial charge in [0, 0.05) is 0 Å². The third-order valence-corrected chi connectivity index (χ3v) is 17.3. The number of hydrogen-bond donors (Lipinski definition) is 1. The number of hydrogen-bond acceptors (Lipinski definition) is 3. The molecule has 1 aromatic rings. The van der Waals surface area contributed by atoms with Gasteiger partial charge < -0.3 is 0 Å². The van der Waals surface area contributed by atoms with Gasteiger partial charge in [-0.1, -0.05) is 0 Å². The number of carbonyl (C=O) groups excluding carboxylic acids is 2. The third-order valence-electron chi connectivity index (χ3n) is 4.69. The minimum absolute atomic E-state index is 0.311. The van der Waals surface area contributed by atoms with Crippen LogP contribution in [0.25, 0.3) is 0 Å². The molecule has 0 heterocycles. The van der Waals surface area contributed by atoms with Crippen molar-refractivity contribution in [3.05, 3.63) is 42.5 Å². The fourth-order valence-electron chi connectivity index (χ4n) is 3.12. The molecule has 0 fully saturated rings. The Bertz CT molecular complexity index is 565. The number of para-hydroxylation sites is 1. The molecule has 5 heteroatoms. The molecular formula is C22H35NO3Sn. The van der Waals surface area contributed by atoms with Crippen molar-refractivity contribution < 1.29 is 12.7 Å². The fraction of sp³-hybridized carbons (Fsp3) is 0.545. The van der Waals surface area contributed by atoms with Gasteiger partial charge in [-0.15, -0.1) is 0 Å². The van der Waals surface area contributed by atoms with Crippen LogP contribution in [0, 0.1) is 0 Å². The molecule has 4 nitrogen and oxygen atoms in total. The number of benzene rings is 1. The molecule has 27 heavy (non-hydrogen) atoms. The van der Waals surface area contributed by atoms with Crippen molar-refractivity contribution >= 4 is 36.4 Å². The van der Waals surface area contributed by atoms with Gasteiger partial charge in [-0.3, -0.25) is 0 Å². The molecule has 1 rings (SSSR count). The summed E-state index contributed by atoms with van der Waals surface area (Å²) in [5, 5.41) is 2.75. The van der Waals surface area contributed by atoms with Crippen LogP contribution in [0.1, 0.15) is 59.3 Å². The first-order chi connectivity index (χ1) is 13.0. The molecule has 0 aliphatic carbocycles. The molecular weight excluding hydrogens is 445 g/mol. The van der Waals surface area contributed by atoms with E-state index in [9.17, 15) is 9.59 Å². The van der Waals surface area contributed by atoms with E-state index in [1.165, 1.54) is 12.2 Å². The second-order valence-corrected chi connectivity index (χ2v) is 18.7. The van der Waals surface area contributed by atoms with Crippen LogP contribution in [-0.4, -0.2) is 30.7 Å². The van der Waals surface area contributed by atoms with Crippen molar-refractivity contribution in [1.29, 1.82) is 0 Å². The molecule has 150 valence electrons. The van der Waals surface area contributed by atoms with Gasteiger partial charge in [0.05, 0.1) is 0 Å². The summed E-state index contributed by atoms with van der Waals surface area (Å²) in [5.41, 5.74) is 0.711. The Kier molecular flexibility index (Phi) is 12.1. The van der Waals surface area contributed by atoms with E-state index in [0.717, 1.165) is 51.8 Å². The van der Waals surface area contributed by atoms with Gasteiger partial charge in [-0.25, -0.2) is 0 Å². The van der Waals surface area contributed by atoms with Gasteiger partial charge in [0.1, 0.15) is 0 Å². The molecule has 1 aromatic carbocycles. The molecule has 0 radical (unpaired) electrons. The van der Waals surface area contributed by atoms with Crippen LogP contribution < -0.4 is 5.32 Å². The van der Waals surface area contributed by atoms with E-state index in [1.54, 1.807) is 0 Å². The van der Waals surface area contributed by atoms with E-state index >= 15 is 0 Å². The van der Waals surface area contributed by atoms with Crippen LogP contribution in [0.15, 0.2) is 42.5 Å².